The summed E-state index contributed by atoms with van der Waals surface area (Å²) in [7, 11) is 0. The predicted molar refractivity (Wildman–Crippen MR) is 81.9 cm³/mol. The number of aliphatic hydroxyl groups excluding tert-OH is 1. The quantitative estimate of drug-likeness (QED) is 0.480. The zero-order chi connectivity index (χ0) is 15.4. The van der Waals surface area contributed by atoms with E-state index in [1.165, 1.54) is 37.9 Å². The SMILES string of the molecule is CCCCCCC(CCO)SC[C@H](NC(C)=O)C(=O)O. The Morgan fingerprint density at radius 3 is 2.40 bits per heavy atom. The fourth-order valence-electron chi connectivity index (χ4n) is 1.91. The van der Waals surface area contributed by atoms with Gasteiger partial charge in [0.05, 0.1) is 0 Å². The van der Waals surface area contributed by atoms with Crippen molar-refractivity contribution in [3.8, 4) is 0 Å². The first kappa shape index (κ1) is 19.2. The van der Waals surface area contributed by atoms with Crippen molar-refractivity contribution in [1.29, 1.82) is 0 Å². The molecule has 0 aromatic rings. The molecule has 0 aromatic heterocycles. The van der Waals surface area contributed by atoms with Gasteiger partial charge in [-0.25, -0.2) is 4.79 Å². The number of carboxylic acid groups (broad SMARTS) is 1. The molecular weight excluding hydrogens is 278 g/mol. The minimum Gasteiger partial charge on any atom is -0.480 e. The first-order valence-electron chi connectivity index (χ1n) is 7.23. The Morgan fingerprint density at radius 1 is 1.20 bits per heavy atom. The Hall–Kier alpha value is -0.750. The molecular formula is C14H27NO4S. The standard InChI is InChI=1S/C14H27NO4S/c1-3-4-5-6-7-12(8-9-16)20-10-13(14(18)19)15-11(2)17/h12-13,16H,3-10H2,1-2H3,(H,15,17)(H,18,19)/t12?,13-/m0/s1. The average Bonchev–Trinajstić information content (AvgIpc) is 2.38. The van der Waals surface area contributed by atoms with Gasteiger partial charge in [-0.2, -0.15) is 11.8 Å². The molecule has 0 bridgehead atoms. The number of hydrogen-bond donors (Lipinski definition) is 3. The van der Waals surface area contributed by atoms with Gasteiger partial charge in [-0.3, -0.25) is 4.79 Å². The maximum Gasteiger partial charge on any atom is 0.327 e. The number of carboxylic acids is 1. The lowest BCUT2D eigenvalue weighted by molar-refractivity contribution is -0.140. The van der Waals surface area contributed by atoms with E-state index in [1.807, 2.05) is 0 Å². The number of aliphatic carboxylic acids is 1. The molecule has 1 amide bonds. The number of carbonyl (C=O) groups excluding carboxylic acids is 1. The summed E-state index contributed by atoms with van der Waals surface area (Å²) in [5, 5.41) is 20.8. The number of aliphatic hydroxyl groups is 1. The molecule has 0 radical (unpaired) electrons. The monoisotopic (exact) mass is 305 g/mol. The summed E-state index contributed by atoms with van der Waals surface area (Å²) in [6.07, 6.45) is 6.32. The van der Waals surface area contributed by atoms with Crippen molar-refractivity contribution in [1.82, 2.24) is 5.32 Å². The van der Waals surface area contributed by atoms with Crippen LogP contribution in [0.15, 0.2) is 0 Å². The summed E-state index contributed by atoms with van der Waals surface area (Å²) >= 11 is 1.53. The van der Waals surface area contributed by atoms with Gasteiger partial charge >= 0.3 is 5.97 Å². The zero-order valence-corrected chi connectivity index (χ0v) is 13.2. The van der Waals surface area contributed by atoms with Gasteiger partial charge in [0.25, 0.3) is 0 Å². The van der Waals surface area contributed by atoms with Gasteiger partial charge in [0.15, 0.2) is 0 Å². The third-order valence-corrected chi connectivity index (χ3v) is 4.47. The second-order valence-corrected chi connectivity index (χ2v) is 6.24. The smallest absolute Gasteiger partial charge is 0.327 e. The third-order valence-electron chi connectivity index (χ3n) is 3.00. The Labute approximate surface area is 125 Å². The Kier molecular flexibility index (Phi) is 11.6. The third kappa shape index (κ3) is 10.1. The van der Waals surface area contributed by atoms with Crippen molar-refractivity contribution in [3.05, 3.63) is 0 Å². The number of rotatable bonds is 12. The Balaban J connectivity index is 4.14. The van der Waals surface area contributed by atoms with Crippen molar-refractivity contribution < 1.29 is 19.8 Å². The lowest BCUT2D eigenvalue weighted by Gasteiger charge is -2.19. The molecule has 0 aliphatic rings. The number of nitrogens with one attached hydrogen (secondary N) is 1. The molecule has 5 nitrogen and oxygen atoms in total. The maximum atomic E-state index is 11.0. The summed E-state index contributed by atoms with van der Waals surface area (Å²) in [4.78, 5) is 22.0. The average molecular weight is 305 g/mol. The molecule has 118 valence electrons. The first-order chi connectivity index (χ1) is 9.51. The van der Waals surface area contributed by atoms with Crippen LogP contribution in [0.3, 0.4) is 0 Å². The zero-order valence-electron chi connectivity index (χ0n) is 12.4. The number of amides is 1. The van der Waals surface area contributed by atoms with E-state index in [9.17, 15) is 9.59 Å². The molecule has 0 aliphatic heterocycles. The molecule has 0 rings (SSSR count). The highest BCUT2D eigenvalue weighted by atomic mass is 32.2. The number of hydrogen-bond acceptors (Lipinski definition) is 4. The summed E-state index contributed by atoms with van der Waals surface area (Å²) in [6, 6.07) is -0.852. The van der Waals surface area contributed by atoms with E-state index in [1.54, 1.807) is 0 Å². The molecule has 0 aromatic carbocycles. The van der Waals surface area contributed by atoms with E-state index >= 15 is 0 Å². The van der Waals surface area contributed by atoms with Crippen LogP contribution >= 0.6 is 11.8 Å². The minimum absolute atomic E-state index is 0.114. The van der Waals surface area contributed by atoms with Gasteiger partial charge in [-0.1, -0.05) is 32.6 Å². The first-order valence-corrected chi connectivity index (χ1v) is 8.28. The highest BCUT2D eigenvalue weighted by Crippen LogP contribution is 2.22. The van der Waals surface area contributed by atoms with Crippen molar-refractivity contribution in [3.63, 3.8) is 0 Å². The van der Waals surface area contributed by atoms with Crippen molar-refractivity contribution in [2.45, 2.75) is 63.7 Å². The van der Waals surface area contributed by atoms with Crippen molar-refractivity contribution >= 4 is 23.6 Å². The molecule has 0 spiro atoms. The molecule has 0 fully saturated rings. The van der Waals surface area contributed by atoms with Crippen LogP contribution < -0.4 is 5.32 Å². The highest BCUT2D eigenvalue weighted by molar-refractivity contribution is 7.99. The largest absolute Gasteiger partial charge is 0.480 e. The van der Waals surface area contributed by atoms with E-state index in [4.69, 9.17) is 10.2 Å². The van der Waals surface area contributed by atoms with Gasteiger partial charge < -0.3 is 15.5 Å². The van der Waals surface area contributed by atoms with Crippen LogP contribution in [0.1, 0.15) is 52.4 Å². The summed E-state index contributed by atoms with van der Waals surface area (Å²) < 4.78 is 0. The maximum absolute atomic E-state index is 11.0. The summed E-state index contributed by atoms with van der Waals surface area (Å²) in [5.41, 5.74) is 0. The number of unbranched alkanes of at least 4 members (excludes halogenated alkanes) is 3. The van der Waals surface area contributed by atoms with E-state index in [-0.39, 0.29) is 17.8 Å². The van der Waals surface area contributed by atoms with Crippen molar-refractivity contribution in [2.24, 2.45) is 0 Å². The number of carbonyl (C=O) groups is 2. The van der Waals surface area contributed by atoms with Crippen LogP contribution in [0.4, 0.5) is 0 Å². The normalized spacial score (nSPS) is 13.8. The fraction of sp³-hybridized carbons (Fsp3) is 0.857. The van der Waals surface area contributed by atoms with Crippen LogP contribution in [0.5, 0.6) is 0 Å². The molecule has 0 saturated carbocycles. The van der Waals surface area contributed by atoms with Crippen LogP contribution in [-0.4, -0.2) is 45.7 Å². The van der Waals surface area contributed by atoms with Gasteiger partial charge in [0.2, 0.25) is 5.91 Å². The molecule has 1 unspecified atom stereocenters. The molecule has 0 heterocycles. The molecule has 20 heavy (non-hydrogen) atoms. The van der Waals surface area contributed by atoms with Crippen LogP contribution in [0.2, 0.25) is 0 Å². The van der Waals surface area contributed by atoms with Gasteiger partial charge in [0.1, 0.15) is 6.04 Å². The van der Waals surface area contributed by atoms with Crippen molar-refractivity contribution in [2.75, 3.05) is 12.4 Å². The predicted octanol–water partition coefficient (Wildman–Crippen LogP) is 2.03. The highest BCUT2D eigenvalue weighted by Gasteiger charge is 2.20. The Bertz CT molecular complexity index is 286. The Morgan fingerprint density at radius 2 is 1.90 bits per heavy atom. The van der Waals surface area contributed by atoms with Gasteiger partial charge in [-0.05, 0) is 12.8 Å². The minimum atomic E-state index is -1.01. The van der Waals surface area contributed by atoms with Crippen LogP contribution in [0.25, 0.3) is 0 Å². The topological polar surface area (TPSA) is 86.6 Å². The van der Waals surface area contributed by atoms with E-state index in [0.29, 0.717) is 12.2 Å². The molecule has 3 N–H and O–H groups in total. The van der Waals surface area contributed by atoms with Crippen LogP contribution in [0, 0.1) is 0 Å². The lowest BCUT2D eigenvalue weighted by Crippen LogP contribution is -2.41. The lowest BCUT2D eigenvalue weighted by atomic mass is 10.1. The summed E-state index contributed by atoms with van der Waals surface area (Å²) in [5.74, 6) is -1.01. The second-order valence-electron chi connectivity index (χ2n) is 4.91. The molecule has 2 atom stereocenters. The van der Waals surface area contributed by atoms with E-state index < -0.39 is 12.0 Å². The second kappa shape index (κ2) is 12.0. The fourth-order valence-corrected chi connectivity index (χ4v) is 3.20. The van der Waals surface area contributed by atoms with Gasteiger partial charge in [0, 0.05) is 24.5 Å². The van der Waals surface area contributed by atoms with Gasteiger partial charge in [-0.15, -0.1) is 0 Å². The summed E-state index contributed by atoms with van der Waals surface area (Å²) in [6.45, 7) is 3.59. The van der Waals surface area contributed by atoms with E-state index in [0.717, 1.165) is 12.8 Å². The molecule has 0 aliphatic carbocycles. The molecule has 6 heteroatoms. The van der Waals surface area contributed by atoms with Crippen LogP contribution in [-0.2, 0) is 9.59 Å². The van der Waals surface area contributed by atoms with E-state index in [2.05, 4.69) is 12.2 Å². The number of thioether (sulfide) groups is 1. The molecule has 0 saturated heterocycles.